The van der Waals surface area contributed by atoms with Gasteiger partial charge < -0.3 is 11.1 Å². The molecular formula is C14H15N3O2. The molecule has 0 radical (unpaired) electrons. The maximum absolute atomic E-state index is 10.9. The molecule has 0 saturated heterocycles. The van der Waals surface area contributed by atoms with Crippen LogP contribution in [0.5, 0.6) is 0 Å². The van der Waals surface area contributed by atoms with Crippen LogP contribution >= 0.6 is 0 Å². The number of nitrogens with two attached hydrogens (primary N) is 1. The third kappa shape index (κ3) is 3.45. The van der Waals surface area contributed by atoms with Crippen molar-refractivity contribution in [3.8, 4) is 0 Å². The van der Waals surface area contributed by atoms with Crippen LogP contribution in [-0.4, -0.2) is 11.5 Å². The van der Waals surface area contributed by atoms with Crippen LogP contribution in [0.1, 0.15) is 5.56 Å². The summed E-state index contributed by atoms with van der Waals surface area (Å²) >= 11 is 0. The van der Waals surface area contributed by atoms with Crippen LogP contribution in [0.25, 0.3) is 0 Å². The monoisotopic (exact) mass is 257 g/mol. The van der Waals surface area contributed by atoms with Gasteiger partial charge in [-0.25, -0.2) is 0 Å². The van der Waals surface area contributed by atoms with Gasteiger partial charge in [0, 0.05) is 18.3 Å². The standard InChI is InChI=1S/C14H15N3O2/c15-12-6-7-13(14(10-12)17(18)19)16-9-8-11-4-2-1-3-5-11/h1-7,10,16H,8-9,15H2. The molecule has 5 nitrogen and oxygen atoms in total. The minimum atomic E-state index is -0.429. The lowest BCUT2D eigenvalue weighted by molar-refractivity contribution is -0.383. The summed E-state index contributed by atoms with van der Waals surface area (Å²) in [5.74, 6) is 0. The van der Waals surface area contributed by atoms with Gasteiger partial charge in [0.2, 0.25) is 0 Å². The molecular weight excluding hydrogens is 242 g/mol. The van der Waals surface area contributed by atoms with E-state index in [4.69, 9.17) is 5.73 Å². The predicted octanol–water partition coefficient (Wildman–Crippen LogP) is 2.83. The number of nitro benzene ring substituents is 1. The molecule has 3 N–H and O–H groups in total. The molecule has 0 aliphatic rings. The van der Waals surface area contributed by atoms with Gasteiger partial charge in [-0.05, 0) is 24.1 Å². The van der Waals surface area contributed by atoms with Gasteiger partial charge in [-0.15, -0.1) is 0 Å². The molecule has 2 aromatic rings. The number of hydrogen-bond acceptors (Lipinski definition) is 4. The minimum Gasteiger partial charge on any atom is -0.399 e. The highest BCUT2D eigenvalue weighted by atomic mass is 16.6. The number of nitro groups is 1. The fourth-order valence-electron chi connectivity index (χ4n) is 1.84. The summed E-state index contributed by atoms with van der Waals surface area (Å²) in [6, 6.07) is 14.6. The second-order valence-corrected chi connectivity index (χ2v) is 4.20. The summed E-state index contributed by atoms with van der Waals surface area (Å²) in [4.78, 5) is 10.5. The Kier molecular flexibility index (Phi) is 3.97. The Morgan fingerprint density at radius 2 is 1.89 bits per heavy atom. The van der Waals surface area contributed by atoms with Crippen molar-refractivity contribution in [2.75, 3.05) is 17.6 Å². The SMILES string of the molecule is Nc1ccc(NCCc2ccccc2)c([N+](=O)[O-])c1. The van der Waals surface area contributed by atoms with Gasteiger partial charge in [0.25, 0.3) is 5.69 Å². The lowest BCUT2D eigenvalue weighted by Crippen LogP contribution is -2.07. The molecule has 0 spiro atoms. The van der Waals surface area contributed by atoms with E-state index in [1.54, 1.807) is 12.1 Å². The summed E-state index contributed by atoms with van der Waals surface area (Å²) in [6.45, 7) is 0.634. The fraction of sp³-hybridized carbons (Fsp3) is 0.143. The Hall–Kier alpha value is -2.56. The quantitative estimate of drug-likeness (QED) is 0.490. The van der Waals surface area contributed by atoms with E-state index >= 15 is 0 Å². The first-order valence-electron chi connectivity index (χ1n) is 5.98. The van der Waals surface area contributed by atoms with Gasteiger partial charge >= 0.3 is 0 Å². The van der Waals surface area contributed by atoms with Gasteiger partial charge in [0.05, 0.1) is 4.92 Å². The van der Waals surface area contributed by atoms with Gasteiger partial charge in [0.1, 0.15) is 5.69 Å². The summed E-state index contributed by atoms with van der Waals surface area (Å²) < 4.78 is 0. The van der Waals surface area contributed by atoms with Gasteiger partial charge in [-0.1, -0.05) is 30.3 Å². The Morgan fingerprint density at radius 3 is 2.58 bits per heavy atom. The van der Waals surface area contributed by atoms with Crippen LogP contribution in [0.15, 0.2) is 48.5 Å². The predicted molar refractivity (Wildman–Crippen MR) is 76.1 cm³/mol. The number of nitrogens with one attached hydrogen (secondary N) is 1. The van der Waals surface area contributed by atoms with Crippen molar-refractivity contribution >= 4 is 17.1 Å². The van der Waals surface area contributed by atoms with Crippen molar-refractivity contribution in [3.05, 3.63) is 64.2 Å². The van der Waals surface area contributed by atoms with Gasteiger partial charge in [-0.2, -0.15) is 0 Å². The van der Waals surface area contributed by atoms with E-state index in [1.807, 2.05) is 30.3 Å². The van der Waals surface area contributed by atoms with E-state index in [0.29, 0.717) is 17.9 Å². The molecule has 5 heteroatoms. The lowest BCUT2D eigenvalue weighted by Gasteiger charge is -2.07. The van der Waals surface area contributed by atoms with E-state index in [9.17, 15) is 10.1 Å². The average molecular weight is 257 g/mol. The van der Waals surface area contributed by atoms with Crippen LogP contribution < -0.4 is 11.1 Å². The molecule has 0 aromatic heterocycles. The Morgan fingerprint density at radius 1 is 1.16 bits per heavy atom. The van der Waals surface area contributed by atoms with Crippen LogP contribution in [0.3, 0.4) is 0 Å². The maximum atomic E-state index is 10.9. The summed E-state index contributed by atoms with van der Waals surface area (Å²) in [6.07, 6.45) is 0.808. The van der Waals surface area contributed by atoms with Gasteiger partial charge in [-0.3, -0.25) is 10.1 Å². The van der Waals surface area contributed by atoms with Crippen molar-refractivity contribution in [2.24, 2.45) is 0 Å². The average Bonchev–Trinajstić information content (AvgIpc) is 2.41. The highest BCUT2D eigenvalue weighted by molar-refractivity contribution is 5.66. The molecule has 0 aliphatic heterocycles. The van der Waals surface area contributed by atoms with Crippen molar-refractivity contribution in [1.82, 2.24) is 0 Å². The maximum Gasteiger partial charge on any atom is 0.294 e. The zero-order chi connectivity index (χ0) is 13.7. The first kappa shape index (κ1) is 12.9. The molecule has 19 heavy (non-hydrogen) atoms. The van der Waals surface area contributed by atoms with Crippen LogP contribution in [0.2, 0.25) is 0 Å². The first-order valence-corrected chi connectivity index (χ1v) is 5.98. The summed E-state index contributed by atoms with van der Waals surface area (Å²) in [5, 5.41) is 14.0. The Labute approximate surface area is 111 Å². The van der Waals surface area contributed by atoms with Crippen LogP contribution in [0, 0.1) is 10.1 Å². The number of hydrogen-bond donors (Lipinski definition) is 2. The van der Waals surface area contributed by atoms with Crippen molar-refractivity contribution in [3.63, 3.8) is 0 Å². The molecule has 0 saturated carbocycles. The third-order valence-corrected chi connectivity index (χ3v) is 2.79. The van der Waals surface area contributed by atoms with Crippen LogP contribution in [-0.2, 0) is 6.42 Å². The zero-order valence-electron chi connectivity index (χ0n) is 10.4. The number of nitrogens with zero attached hydrogens (tertiary/aromatic N) is 1. The second-order valence-electron chi connectivity index (χ2n) is 4.20. The highest BCUT2D eigenvalue weighted by Gasteiger charge is 2.13. The molecule has 0 fully saturated rings. The lowest BCUT2D eigenvalue weighted by atomic mass is 10.1. The zero-order valence-corrected chi connectivity index (χ0v) is 10.4. The molecule has 0 atom stereocenters. The molecule has 98 valence electrons. The summed E-state index contributed by atoms with van der Waals surface area (Å²) in [7, 11) is 0. The molecule has 0 unspecified atom stereocenters. The van der Waals surface area contributed by atoms with Crippen molar-refractivity contribution in [1.29, 1.82) is 0 Å². The van der Waals surface area contributed by atoms with Crippen molar-refractivity contribution in [2.45, 2.75) is 6.42 Å². The molecule has 0 bridgehead atoms. The number of rotatable bonds is 5. The molecule has 2 rings (SSSR count). The topological polar surface area (TPSA) is 81.2 Å². The van der Waals surface area contributed by atoms with Gasteiger partial charge in [0.15, 0.2) is 0 Å². The number of benzene rings is 2. The Balaban J connectivity index is 2.02. The van der Waals surface area contributed by atoms with E-state index in [2.05, 4.69) is 5.32 Å². The van der Waals surface area contributed by atoms with E-state index < -0.39 is 4.92 Å². The minimum absolute atomic E-state index is 0.00746. The molecule has 0 heterocycles. The Bertz CT molecular complexity index is 570. The summed E-state index contributed by atoms with van der Waals surface area (Å²) in [5.41, 5.74) is 7.63. The molecule has 0 amide bonds. The van der Waals surface area contributed by atoms with Crippen molar-refractivity contribution < 1.29 is 4.92 Å². The smallest absolute Gasteiger partial charge is 0.294 e. The first-order chi connectivity index (χ1) is 9.16. The largest absolute Gasteiger partial charge is 0.399 e. The molecule has 2 aromatic carbocycles. The van der Waals surface area contributed by atoms with E-state index in [-0.39, 0.29) is 5.69 Å². The normalized spacial score (nSPS) is 10.1. The fourth-order valence-corrected chi connectivity index (χ4v) is 1.84. The van der Waals surface area contributed by atoms with Crippen LogP contribution in [0.4, 0.5) is 17.1 Å². The number of anilines is 2. The number of nitrogen functional groups attached to an aromatic ring is 1. The molecule has 0 aliphatic carbocycles. The highest BCUT2D eigenvalue weighted by Crippen LogP contribution is 2.26. The van der Waals surface area contributed by atoms with E-state index in [1.165, 1.54) is 11.6 Å². The second kappa shape index (κ2) is 5.86. The van der Waals surface area contributed by atoms with E-state index in [0.717, 1.165) is 6.42 Å². The third-order valence-electron chi connectivity index (χ3n) is 2.79.